The molecule has 7 aliphatic rings. The Kier molecular flexibility index (Phi) is 9.18. The van der Waals surface area contributed by atoms with E-state index in [0.29, 0.717) is 55.0 Å². The third kappa shape index (κ3) is 6.35. The van der Waals surface area contributed by atoms with Crippen molar-refractivity contribution in [1.29, 1.82) is 0 Å². The lowest BCUT2D eigenvalue weighted by Crippen LogP contribution is -2.59. The van der Waals surface area contributed by atoms with E-state index in [0.717, 1.165) is 84.1 Å². The number of aromatic amines is 1. The number of carbonyl (C=O) groups excluding carboxylic acids is 2. The third-order valence-corrected chi connectivity index (χ3v) is 15.0. The number of H-pyrrole nitrogens is 1. The van der Waals surface area contributed by atoms with Crippen LogP contribution in [0.1, 0.15) is 84.2 Å². The summed E-state index contributed by atoms with van der Waals surface area (Å²) in [6, 6.07) is 12.0. The maximum atomic E-state index is 13.9. The van der Waals surface area contributed by atoms with Crippen LogP contribution in [0.4, 0.5) is 20.2 Å². The standard InChI is InChI=1S/C46H53F2N9O3/c1-27-17-34-32(4-7-37-35(34)19-50-52-37)43(56(27)23-41(47)48)38-6-3-30(18-49-38)54-25-46(26-54)13-11-29(12-14-46)20-53-15-16-55-31(21-53)24-60-44-36-22-57(39-9-10-42(58)51-28(39)2)45(59)33(36)5-8-40(44)55/h3-8,18-19,27,29,31,39,41,43H,2,9-17,20-26H2,1H3,(H,50,52)(H,51,58)/t27-,31+,39?,43+/m1/s1. The zero-order valence-corrected chi connectivity index (χ0v) is 34.2. The molecule has 60 heavy (non-hydrogen) atoms. The van der Waals surface area contributed by atoms with E-state index in [1.165, 1.54) is 31.2 Å². The maximum Gasteiger partial charge on any atom is 0.255 e. The first-order valence-electron chi connectivity index (χ1n) is 21.9. The summed E-state index contributed by atoms with van der Waals surface area (Å²) in [4.78, 5) is 41.7. The molecule has 14 heteroatoms. The Morgan fingerprint density at radius 3 is 2.63 bits per heavy atom. The van der Waals surface area contributed by atoms with E-state index in [1.54, 1.807) is 0 Å². The fraction of sp³-hybridized carbons (Fsp3) is 0.522. The van der Waals surface area contributed by atoms with Crippen LogP contribution in [0.25, 0.3) is 10.9 Å². The molecule has 4 atom stereocenters. The summed E-state index contributed by atoms with van der Waals surface area (Å²) >= 11 is 0. The van der Waals surface area contributed by atoms with Crippen molar-refractivity contribution < 1.29 is 23.1 Å². The number of benzene rings is 2. The highest BCUT2D eigenvalue weighted by Gasteiger charge is 2.47. The average Bonchev–Trinajstić information content (AvgIpc) is 3.85. The molecular formula is C46H53F2N9O3. The molecule has 1 aliphatic carbocycles. The minimum absolute atomic E-state index is 0.0170. The molecule has 12 nitrogen and oxygen atoms in total. The lowest BCUT2D eigenvalue weighted by molar-refractivity contribution is -0.121. The van der Waals surface area contributed by atoms with Gasteiger partial charge in [-0.15, -0.1) is 0 Å². The van der Waals surface area contributed by atoms with E-state index in [2.05, 4.69) is 61.1 Å². The van der Waals surface area contributed by atoms with Gasteiger partial charge in [-0.2, -0.15) is 5.10 Å². The number of piperazine rings is 1. The predicted octanol–water partition coefficient (Wildman–Crippen LogP) is 5.89. The topological polar surface area (TPSA) is 113 Å². The highest BCUT2D eigenvalue weighted by molar-refractivity contribution is 6.01. The molecule has 4 aromatic rings. The van der Waals surface area contributed by atoms with Crippen molar-refractivity contribution in [2.75, 3.05) is 62.2 Å². The van der Waals surface area contributed by atoms with E-state index in [9.17, 15) is 18.4 Å². The summed E-state index contributed by atoms with van der Waals surface area (Å²) in [5, 5.41) is 11.2. The van der Waals surface area contributed by atoms with Crippen LogP contribution in [0.5, 0.6) is 5.75 Å². The van der Waals surface area contributed by atoms with Gasteiger partial charge in [-0.05, 0) is 92.8 Å². The van der Waals surface area contributed by atoms with Crippen LogP contribution >= 0.6 is 0 Å². The van der Waals surface area contributed by atoms with E-state index in [1.807, 2.05) is 41.2 Å². The molecule has 2 aromatic heterocycles. The first-order valence-corrected chi connectivity index (χ1v) is 21.9. The van der Waals surface area contributed by atoms with Crippen molar-refractivity contribution in [3.63, 3.8) is 0 Å². The molecule has 2 N–H and O–H groups in total. The van der Waals surface area contributed by atoms with Gasteiger partial charge in [0.05, 0.1) is 66.2 Å². The van der Waals surface area contributed by atoms with Crippen molar-refractivity contribution in [2.45, 2.75) is 89.0 Å². The summed E-state index contributed by atoms with van der Waals surface area (Å²) < 4.78 is 34.3. The van der Waals surface area contributed by atoms with Crippen molar-refractivity contribution in [3.05, 3.63) is 89.0 Å². The Labute approximate surface area is 348 Å². The second-order valence-corrected chi connectivity index (χ2v) is 18.7. The highest BCUT2D eigenvalue weighted by atomic mass is 19.3. The Morgan fingerprint density at radius 2 is 1.85 bits per heavy atom. The number of ether oxygens (including phenoxy) is 1. The SMILES string of the molecule is C=C1NC(=O)CCC1N1Cc2c(ccc3c2OC[C@@H]2CN(CC4CCC5(CC4)CN(c4ccc([C@@H]6c7ccc8[nH]ncc8c7C[C@@H](C)N6CC(F)F)nc4)C5)CCN32)C1=O. The van der Waals surface area contributed by atoms with Gasteiger partial charge >= 0.3 is 0 Å². The number of amides is 2. The summed E-state index contributed by atoms with van der Waals surface area (Å²) in [6.07, 6.45) is 8.01. The number of carbonyl (C=O) groups is 2. The van der Waals surface area contributed by atoms with Crippen LogP contribution in [-0.4, -0.2) is 119 Å². The number of nitrogens with zero attached hydrogens (tertiary/aromatic N) is 7. The molecule has 0 bridgehead atoms. The first kappa shape index (κ1) is 37.9. The molecule has 1 unspecified atom stereocenters. The predicted molar refractivity (Wildman–Crippen MR) is 224 cm³/mol. The monoisotopic (exact) mass is 817 g/mol. The van der Waals surface area contributed by atoms with E-state index >= 15 is 0 Å². The summed E-state index contributed by atoms with van der Waals surface area (Å²) in [7, 11) is 0. The van der Waals surface area contributed by atoms with Crippen molar-refractivity contribution in [2.24, 2.45) is 11.3 Å². The van der Waals surface area contributed by atoms with E-state index < -0.39 is 6.43 Å². The minimum atomic E-state index is -2.43. The average molecular weight is 818 g/mol. The molecule has 1 spiro atoms. The smallest absolute Gasteiger partial charge is 0.255 e. The van der Waals surface area contributed by atoms with Crippen LogP contribution in [0.15, 0.2) is 61.1 Å². The van der Waals surface area contributed by atoms with Gasteiger partial charge in [0.2, 0.25) is 5.91 Å². The van der Waals surface area contributed by atoms with Gasteiger partial charge in [-0.3, -0.25) is 29.5 Å². The van der Waals surface area contributed by atoms with Crippen LogP contribution in [-0.2, 0) is 17.8 Å². The Morgan fingerprint density at radius 1 is 1.00 bits per heavy atom. The number of rotatable bonds is 7. The number of piperidine rings is 1. The number of nitrogens with one attached hydrogen (secondary N) is 2. The number of pyridine rings is 1. The fourth-order valence-corrected chi connectivity index (χ4v) is 11.9. The molecule has 3 saturated heterocycles. The summed E-state index contributed by atoms with van der Waals surface area (Å²) in [6.45, 7) is 13.0. The second-order valence-electron chi connectivity index (χ2n) is 18.7. The molecule has 314 valence electrons. The van der Waals surface area contributed by atoms with Gasteiger partial charge in [0.15, 0.2) is 0 Å². The Bertz CT molecular complexity index is 2350. The third-order valence-electron chi connectivity index (χ3n) is 15.0. The fourth-order valence-electron chi connectivity index (χ4n) is 11.9. The van der Waals surface area contributed by atoms with Crippen LogP contribution in [0.3, 0.4) is 0 Å². The molecule has 4 fully saturated rings. The summed E-state index contributed by atoms with van der Waals surface area (Å²) in [5.41, 5.74) is 8.78. The zero-order valence-electron chi connectivity index (χ0n) is 34.2. The van der Waals surface area contributed by atoms with Crippen molar-refractivity contribution >= 4 is 34.1 Å². The molecule has 1 saturated carbocycles. The minimum Gasteiger partial charge on any atom is -0.489 e. The Hall–Kier alpha value is -5.08. The first-order chi connectivity index (χ1) is 29.1. The number of halogens is 2. The number of hydrogen-bond acceptors (Lipinski definition) is 9. The van der Waals surface area contributed by atoms with Crippen LogP contribution < -0.4 is 19.9 Å². The number of fused-ring (bicyclic) bond motifs is 8. The van der Waals surface area contributed by atoms with Gasteiger partial charge < -0.3 is 24.8 Å². The Balaban J connectivity index is 0.691. The molecule has 0 radical (unpaired) electrons. The molecule has 11 rings (SSSR count). The van der Waals surface area contributed by atoms with E-state index in [-0.39, 0.29) is 42.5 Å². The second kappa shape index (κ2) is 14.5. The number of aromatic nitrogens is 3. The van der Waals surface area contributed by atoms with Gasteiger partial charge in [-0.1, -0.05) is 12.6 Å². The van der Waals surface area contributed by atoms with Gasteiger partial charge in [-0.25, -0.2) is 8.78 Å². The van der Waals surface area contributed by atoms with Gasteiger partial charge in [0, 0.05) is 79.4 Å². The molecule has 6 aliphatic heterocycles. The molecule has 2 amide bonds. The molecule has 8 heterocycles. The van der Waals surface area contributed by atoms with Gasteiger partial charge in [0.1, 0.15) is 12.4 Å². The highest BCUT2D eigenvalue weighted by Crippen LogP contribution is 2.49. The number of anilines is 2. The number of hydrogen-bond donors (Lipinski definition) is 2. The van der Waals surface area contributed by atoms with Crippen molar-refractivity contribution in [1.82, 2.24) is 35.2 Å². The maximum absolute atomic E-state index is 13.9. The van der Waals surface area contributed by atoms with Crippen LogP contribution in [0, 0.1) is 11.3 Å². The normalized spacial score (nSPS) is 26.8. The zero-order chi connectivity index (χ0) is 40.9. The summed E-state index contributed by atoms with van der Waals surface area (Å²) in [5.74, 6) is 1.47. The van der Waals surface area contributed by atoms with Gasteiger partial charge in [0.25, 0.3) is 12.3 Å². The van der Waals surface area contributed by atoms with E-state index in [4.69, 9.17) is 9.72 Å². The molecular weight excluding hydrogens is 765 g/mol. The lowest BCUT2D eigenvalue weighted by Gasteiger charge is -2.55. The van der Waals surface area contributed by atoms with Crippen LogP contribution in [0.2, 0.25) is 0 Å². The lowest BCUT2D eigenvalue weighted by atomic mass is 9.65. The molecule has 2 aromatic carbocycles. The van der Waals surface area contributed by atoms with Crippen molar-refractivity contribution in [3.8, 4) is 5.75 Å². The number of alkyl halides is 2. The largest absolute Gasteiger partial charge is 0.489 e. The quantitative estimate of drug-likeness (QED) is 0.236.